The van der Waals surface area contributed by atoms with Gasteiger partial charge < -0.3 is 19.8 Å². The predicted molar refractivity (Wildman–Crippen MR) is 106 cm³/mol. The van der Waals surface area contributed by atoms with Crippen molar-refractivity contribution in [2.24, 2.45) is 13.0 Å². The van der Waals surface area contributed by atoms with Gasteiger partial charge in [0.05, 0.1) is 12.0 Å². The number of carboxylic acid groups (broad SMARTS) is 2. The predicted octanol–water partition coefficient (Wildman–Crippen LogP) is 2.60. The van der Waals surface area contributed by atoms with Crippen molar-refractivity contribution in [1.82, 2.24) is 14.5 Å². The van der Waals surface area contributed by atoms with E-state index >= 15 is 0 Å². The normalized spacial score (nSPS) is 15.8. The summed E-state index contributed by atoms with van der Waals surface area (Å²) >= 11 is 0. The molecule has 8 nitrogen and oxygen atoms in total. The lowest BCUT2D eigenvalue weighted by atomic mass is 9.82. The van der Waals surface area contributed by atoms with Crippen molar-refractivity contribution in [3.8, 4) is 0 Å². The Bertz CT molecular complexity index is 1060. The molecule has 150 valence electrons. The average Bonchev–Trinajstić information content (AvgIpc) is 3.30. The summed E-state index contributed by atoms with van der Waals surface area (Å²) in [5.41, 5.74) is 4.23. The van der Waals surface area contributed by atoms with Crippen molar-refractivity contribution in [1.29, 1.82) is 0 Å². The van der Waals surface area contributed by atoms with Crippen LogP contribution in [0.2, 0.25) is 0 Å². The minimum Gasteiger partial charge on any atom is -0.478 e. The highest BCUT2D eigenvalue weighted by molar-refractivity contribution is 6.11. The van der Waals surface area contributed by atoms with Crippen LogP contribution in [-0.4, -0.2) is 42.5 Å². The van der Waals surface area contributed by atoms with Crippen LogP contribution in [0.5, 0.6) is 0 Å². The zero-order valence-electron chi connectivity index (χ0n) is 15.8. The van der Waals surface area contributed by atoms with E-state index in [2.05, 4.69) is 33.7 Å². The van der Waals surface area contributed by atoms with E-state index in [0.717, 1.165) is 41.4 Å². The molecule has 3 N–H and O–H groups in total. The summed E-state index contributed by atoms with van der Waals surface area (Å²) < 4.78 is 2.17. The highest BCUT2D eigenvalue weighted by Gasteiger charge is 2.32. The number of carbonyl (C=O) groups excluding carboxylic acids is 1. The molecule has 3 aromatic rings. The summed E-state index contributed by atoms with van der Waals surface area (Å²) in [5.74, 6) is -2.19. The van der Waals surface area contributed by atoms with E-state index in [-0.39, 0.29) is 11.7 Å². The molecule has 29 heavy (non-hydrogen) atoms. The summed E-state index contributed by atoms with van der Waals surface area (Å²) in [6.07, 6.45) is 7.26. The van der Waals surface area contributed by atoms with Gasteiger partial charge in [-0.2, -0.15) is 0 Å². The lowest BCUT2D eigenvalue weighted by Gasteiger charge is -2.21. The molecular weight excluding hydrogens is 374 g/mol. The number of Topliss-reactive ketones (excluding diaryl/α,β-unsaturated/α-hetero) is 1. The van der Waals surface area contributed by atoms with E-state index in [1.165, 1.54) is 5.69 Å². The number of aromatic nitrogens is 3. The molecule has 1 unspecified atom stereocenters. The maximum Gasteiger partial charge on any atom is 0.328 e. The monoisotopic (exact) mass is 395 g/mol. The third kappa shape index (κ3) is 4.43. The highest BCUT2D eigenvalue weighted by atomic mass is 16.4. The third-order valence-electron chi connectivity index (χ3n) is 4.95. The Hall–Kier alpha value is -3.68. The van der Waals surface area contributed by atoms with E-state index < -0.39 is 11.9 Å². The van der Waals surface area contributed by atoms with Crippen LogP contribution < -0.4 is 0 Å². The van der Waals surface area contributed by atoms with Gasteiger partial charge >= 0.3 is 11.9 Å². The molecule has 0 radical (unpaired) electrons. The second-order valence-corrected chi connectivity index (χ2v) is 6.77. The van der Waals surface area contributed by atoms with Crippen LogP contribution in [0, 0.1) is 5.92 Å². The molecule has 0 spiro atoms. The number of imidazole rings is 1. The first-order valence-corrected chi connectivity index (χ1v) is 9.10. The number of ketones is 1. The van der Waals surface area contributed by atoms with Crippen LogP contribution in [0.4, 0.5) is 0 Å². The van der Waals surface area contributed by atoms with Crippen molar-refractivity contribution >= 4 is 28.6 Å². The number of nitrogens with one attached hydrogen (secondary N) is 1. The Balaban J connectivity index is 0.000000258. The van der Waals surface area contributed by atoms with Gasteiger partial charge in [-0.05, 0) is 18.9 Å². The molecule has 2 heterocycles. The second-order valence-electron chi connectivity index (χ2n) is 6.77. The van der Waals surface area contributed by atoms with E-state index in [1.807, 2.05) is 18.3 Å². The van der Waals surface area contributed by atoms with Crippen molar-refractivity contribution in [2.75, 3.05) is 0 Å². The fourth-order valence-electron chi connectivity index (χ4n) is 3.65. The van der Waals surface area contributed by atoms with Crippen LogP contribution >= 0.6 is 0 Å². The average molecular weight is 395 g/mol. The molecular formula is C21H21N3O5. The SMILES string of the molecule is Cn1c2c(c3ccccc31)C(=O)C(Cc1c[nH]cn1)CC2.O=C(O)/C=C\C(=O)O. The molecule has 0 bridgehead atoms. The van der Waals surface area contributed by atoms with E-state index in [4.69, 9.17) is 10.2 Å². The van der Waals surface area contributed by atoms with Crippen molar-refractivity contribution in [3.05, 3.63) is 65.9 Å². The zero-order chi connectivity index (χ0) is 21.0. The van der Waals surface area contributed by atoms with E-state index in [9.17, 15) is 14.4 Å². The molecule has 8 heteroatoms. The number of para-hydroxylation sites is 1. The Morgan fingerprint density at radius 1 is 1.24 bits per heavy atom. The first-order chi connectivity index (χ1) is 13.9. The number of hydrogen-bond acceptors (Lipinski definition) is 4. The number of carbonyl (C=O) groups is 3. The Labute approximate surface area is 166 Å². The fraction of sp³-hybridized carbons (Fsp3) is 0.238. The number of rotatable bonds is 4. The Morgan fingerprint density at radius 3 is 2.55 bits per heavy atom. The molecule has 1 atom stereocenters. The number of H-pyrrole nitrogens is 1. The van der Waals surface area contributed by atoms with Gasteiger partial charge in [0.25, 0.3) is 0 Å². The standard InChI is InChI=1S/C17H17N3O.C4H4O4/c1-20-14-5-3-2-4-13(14)16-15(20)7-6-11(17(16)21)8-12-9-18-10-19-12;5-3(6)1-2-4(7)8/h2-5,9-11H,6-8H2,1H3,(H,18,19);1-2H,(H,5,6)(H,7,8)/b;2-1-. The van der Waals surface area contributed by atoms with Crippen LogP contribution in [0.25, 0.3) is 10.9 Å². The van der Waals surface area contributed by atoms with E-state index in [1.54, 1.807) is 6.33 Å². The van der Waals surface area contributed by atoms with Gasteiger partial charge in [-0.3, -0.25) is 4.79 Å². The van der Waals surface area contributed by atoms with Crippen LogP contribution in [0.1, 0.15) is 28.2 Å². The number of fused-ring (bicyclic) bond motifs is 3. The van der Waals surface area contributed by atoms with Crippen molar-refractivity contribution < 1.29 is 24.6 Å². The van der Waals surface area contributed by atoms with Crippen LogP contribution in [0.15, 0.2) is 48.9 Å². The van der Waals surface area contributed by atoms with Crippen LogP contribution in [0.3, 0.4) is 0 Å². The number of benzene rings is 1. The molecule has 1 aromatic carbocycles. The smallest absolute Gasteiger partial charge is 0.328 e. The topological polar surface area (TPSA) is 125 Å². The second kappa shape index (κ2) is 8.55. The molecule has 2 aromatic heterocycles. The highest BCUT2D eigenvalue weighted by Crippen LogP contribution is 2.34. The molecule has 4 rings (SSSR count). The maximum absolute atomic E-state index is 12.9. The number of aromatic amines is 1. The summed E-state index contributed by atoms with van der Waals surface area (Å²) in [6.45, 7) is 0. The Kier molecular flexibility index (Phi) is 5.92. The molecule has 1 aliphatic carbocycles. The van der Waals surface area contributed by atoms with Crippen LogP contribution in [-0.2, 0) is 29.5 Å². The first kappa shape index (κ1) is 20.1. The summed E-state index contributed by atoms with van der Waals surface area (Å²) in [6, 6.07) is 8.18. The number of aliphatic carboxylic acids is 2. The molecule has 0 saturated carbocycles. The van der Waals surface area contributed by atoms with Gasteiger partial charge in [-0.15, -0.1) is 0 Å². The summed E-state index contributed by atoms with van der Waals surface area (Å²) in [7, 11) is 2.06. The largest absolute Gasteiger partial charge is 0.478 e. The molecule has 0 aliphatic heterocycles. The van der Waals surface area contributed by atoms with Gasteiger partial charge in [-0.25, -0.2) is 14.6 Å². The van der Waals surface area contributed by atoms with Gasteiger partial charge in [0.1, 0.15) is 0 Å². The summed E-state index contributed by atoms with van der Waals surface area (Å²) in [5, 5.41) is 16.7. The molecule has 0 fully saturated rings. The number of nitrogens with zero attached hydrogens (tertiary/aromatic N) is 2. The van der Waals surface area contributed by atoms with Crippen molar-refractivity contribution in [2.45, 2.75) is 19.3 Å². The zero-order valence-corrected chi connectivity index (χ0v) is 15.8. The molecule has 0 amide bonds. The minimum atomic E-state index is -1.26. The number of hydrogen-bond donors (Lipinski definition) is 3. The summed E-state index contributed by atoms with van der Waals surface area (Å²) in [4.78, 5) is 39.2. The fourth-order valence-corrected chi connectivity index (χ4v) is 3.65. The lowest BCUT2D eigenvalue weighted by molar-refractivity contribution is -0.134. The van der Waals surface area contributed by atoms with Crippen molar-refractivity contribution in [3.63, 3.8) is 0 Å². The van der Waals surface area contributed by atoms with Gasteiger partial charge in [0.2, 0.25) is 0 Å². The first-order valence-electron chi connectivity index (χ1n) is 9.10. The number of aryl methyl sites for hydroxylation is 1. The van der Waals surface area contributed by atoms with Gasteiger partial charge in [0.15, 0.2) is 5.78 Å². The molecule has 1 aliphatic rings. The van der Waals surface area contributed by atoms with E-state index in [0.29, 0.717) is 12.2 Å². The minimum absolute atomic E-state index is 0.0478. The third-order valence-corrected chi connectivity index (χ3v) is 4.95. The molecule has 0 saturated heterocycles. The van der Waals surface area contributed by atoms with Gasteiger partial charge in [-0.1, -0.05) is 18.2 Å². The number of carboxylic acids is 2. The maximum atomic E-state index is 12.9. The quantitative estimate of drug-likeness (QED) is 0.583. The Morgan fingerprint density at radius 2 is 1.93 bits per heavy atom. The lowest BCUT2D eigenvalue weighted by Crippen LogP contribution is -2.25. The van der Waals surface area contributed by atoms with Gasteiger partial charge in [0, 0.05) is 59.9 Å².